The van der Waals surface area contributed by atoms with Crippen molar-refractivity contribution in [2.45, 2.75) is 19.9 Å². The van der Waals surface area contributed by atoms with Crippen LogP contribution in [-0.4, -0.2) is 24.2 Å². The van der Waals surface area contributed by atoms with Crippen LogP contribution in [0.5, 0.6) is 0 Å². The van der Waals surface area contributed by atoms with Crippen LogP contribution in [0.1, 0.15) is 13.8 Å². The zero-order valence-corrected chi connectivity index (χ0v) is 5.57. The zero-order valence-electron chi connectivity index (χ0n) is 5.57. The molecule has 1 heterocycles. The summed E-state index contributed by atoms with van der Waals surface area (Å²) in [6.07, 6.45) is 3.45. The van der Waals surface area contributed by atoms with Gasteiger partial charge in [0.2, 0.25) is 0 Å². The fourth-order valence-electron chi connectivity index (χ4n) is 0.511. The molecule has 3 heteroatoms. The first-order valence-corrected chi connectivity index (χ1v) is 2.90. The maximum atomic E-state index is 4.10. The van der Waals surface area contributed by atoms with E-state index in [-0.39, 0.29) is 6.04 Å². The molecule has 0 saturated carbocycles. The fraction of sp³-hybridized carbons (Fsp3) is 0.500. The molecular formula is C6H9N3. The Morgan fingerprint density at radius 1 is 1.56 bits per heavy atom. The van der Waals surface area contributed by atoms with Crippen molar-refractivity contribution in [3.05, 3.63) is 0 Å². The largest absolute Gasteiger partial charge is 0.282 e. The minimum Gasteiger partial charge on any atom is -0.282 e. The standard InChI is InChI=1S/C6H9N3/c1-5-4-8-9-6(2)3-7-5/h3-5H,1-2H3. The van der Waals surface area contributed by atoms with Gasteiger partial charge in [-0.05, 0) is 13.8 Å². The molecule has 0 saturated heterocycles. The first-order chi connectivity index (χ1) is 4.29. The summed E-state index contributed by atoms with van der Waals surface area (Å²) in [7, 11) is 0. The van der Waals surface area contributed by atoms with Crippen LogP contribution in [0.4, 0.5) is 0 Å². The average molecular weight is 123 g/mol. The molecule has 0 bridgehead atoms. The Kier molecular flexibility index (Phi) is 1.72. The van der Waals surface area contributed by atoms with Crippen molar-refractivity contribution in [2.24, 2.45) is 15.2 Å². The van der Waals surface area contributed by atoms with E-state index in [4.69, 9.17) is 0 Å². The Balaban J connectivity index is 2.75. The highest BCUT2D eigenvalue weighted by molar-refractivity contribution is 6.29. The maximum absolute atomic E-state index is 4.10. The molecule has 0 fully saturated rings. The van der Waals surface area contributed by atoms with Crippen LogP contribution in [0.3, 0.4) is 0 Å². The van der Waals surface area contributed by atoms with Crippen LogP contribution in [0.25, 0.3) is 0 Å². The molecule has 1 aliphatic rings. The lowest BCUT2D eigenvalue weighted by Crippen LogP contribution is -1.98. The molecule has 1 atom stereocenters. The van der Waals surface area contributed by atoms with Crippen molar-refractivity contribution in [2.75, 3.05) is 0 Å². The quantitative estimate of drug-likeness (QED) is 0.459. The number of nitrogens with zero attached hydrogens (tertiary/aromatic N) is 3. The number of hydrogen-bond acceptors (Lipinski definition) is 3. The van der Waals surface area contributed by atoms with Gasteiger partial charge < -0.3 is 0 Å². The van der Waals surface area contributed by atoms with Crippen LogP contribution in [0.15, 0.2) is 15.2 Å². The molecule has 3 nitrogen and oxygen atoms in total. The summed E-state index contributed by atoms with van der Waals surface area (Å²) in [5.74, 6) is 0. The smallest absolute Gasteiger partial charge is 0.0841 e. The van der Waals surface area contributed by atoms with Crippen LogP contribution < -0.4 is 0 Å². The lowest BCUT2D eigenvalue weighted by molar-refractivity contribution is 1.000. The minimum atomic E-state index is 0.172. The molecule has 0 radical (unpaired) electrons. The highest BCUT2D eigenvalue weighted by Crippen LogP contribution is 1.89. The Morgan fingerprint density at radius 3 is 3.11 bits per heavy atom. The molecule has 9 heavy (non-hydrogen) atoms. The van der Waals surface area contributed by atoms with Gasteiger partial charge in [-0.3, -0.25) is 4.99 Å². The number of hydrogen-bond donors (Lipinski definition) is 0. The summed E-state index contributed by atoms with van der Waals surface area (Å²) < 4.78 is 0. The van der Waals surface area contributed by atoms with Crippen LogP contribution >= 0.6 is 0 Å². The third-order valence-corrected chi connectivity index (χ3v) is 0.994. The second-order valence-corrected chi connectivity index (χ2v) is 2.02. The summed E-state index contributed by atoms with van der Waals surface area (Å²) in [5, 5.41) is 7.58. The second kappa shape index (κ2) is 2.53. The highest BCUT2D eigenvalue weighted by atomic mass is 15.2. The normalized spacial score (nSPS) is 25.6. The van der Waals surface area contributed by atoms with Crippen molar-refractivity contribution in [1.82, 2.24) is 0 Å². The zero-order chi connectivity index (χ0) is 6.69. The van der Waals surface area contributed by atoms with Gasteiger partial charge in [0.25, 0.3) is 0 Å². The lowest BCUT2D eigenvalue weighted by atomic mass is 10.4. The predicted octanol–water partition coefficient (Wildman–Crippen LogP) is 0.906. The van der Waals surface area contributed by atoms with Gasteiger partial charge in [-0.2, -0.15) is 10.2 Å². The Hall–Kier alpha value is -0.990. The molecular weight excluding hydrogens is 114 g/mol. The molecule has 0 aromatic rings. The molecule has 0 aliphatic carbocycles. The second-order valence-electron chi connectivity index (χ2n) is 2.02. The van der Waals surface area contributed by atoms with E-state index < -0.39 is 0 Å². The van der Waals surface area contributed by atoms with Crippen LogP contribution in [0.2, 0.25) is 0 Å². The van der Waals surface area contributed by atoms with E-state index in [1.165, 1.54) is 0 Å². The van der Waals surface area contributed by atoms with E-state index in [9.17, 15) is 0 Å². The van der Waals surface area contributed by atoms with Gasteiger partial charge in [-0.1, -0.05) is 0 Å². The summed E-state index contributed by atoms with van der Waals surface area (Å²) in [4.78, 5) is 4.10. The topological polar surface area (TPSA) is 37.1 Å². The Labute approximate surface area is 54.2 Å². The summed E-state index contributed by atoms with van der Waals surface area (Å²) in [6, 6.07) is 0.172. The molecule has 1 rings (SSSR count). The van der Waals surface area contributed by atoms with E-state index in [0.717, 1.165) is 5.71 Å². The Bertz CT molecular complexity index is 179. The average Bonchev–Trinajstić information content (AvgIpc) is 1.97. The summed E-state index contributed by atoms with van der Waals surface area (Å²) in [5.41, 5.74) is 0.857. The number of aliphatic imine (C=N–C) groups is 1. The molecule has 1 unspecified atom stereocenters. The van der Waals surface area contributed by atoms with Crippen molar-refractivity contribution in [3.8, 4) is 0 Å². The van der Waals surface area contributed by atoms with Crippen molar-refractivity contribution >= 4 is 18.1 Å². The SMILES string of the molecule is CC1=NN=CC(C)N=C1. The van der Waals surface area contributed by atoms with Crippen molar-refractivity contribution in [1.29, 1.82) is 0 Å². The summed E-state index contributed by atoms with van der Waals surface area (Å²) in [6.45, 7) is 3.84. The van der Waals surface area contributed by atoms with E-state index in [0.29, 0.717) is 0 Å². The van der Waals surface area contributed by atoms with Crippen LogP contribution in [0, 0.1) is 0 Å². The molecule has 48 valence electrons. The monoisotopic (exact) mass is 123 g/mol. The molecule has 0 N–H and O–H groups in total. The van der Waals surface area contributed by atoms with Gasteiger partial charge >= 0.3 is 0 Å². The highest BCUT2D eigenvalue weighted by Gasteiger charge is 1.94. The van der Waals surface area contributed by atoms with Crippen LogP contribution in [-0.2, 0) is 0 Å². The molecule has 0 aromatic carbocycles. The number of rotatable bonds is 0. The van der Waals surface area contributed by atoms with Gasteiger partial charge in [-0.15, -0.1) is 0 Å². The van der Waals surface area contributed by atoms with Crippen molar-refractivity contribution < 1.29 is 0 Å². The van der Waals surface area contributed by atoms with E-state index >= 15 is 0 Å². The van der Waals surface area contributed by atoms with Gasteiger partial charge in [-0.25, -0.2) is 0 Å². The molecule has 0 amide bonds. The predicted molar refractivity (Wildman–Crippen MR) is 39.6 cm³/mol. The third-order valence-electron chi connectivity index (χ3n) is 0.994. The van der Waals surface area contributed by atoms with Crippen molar-refractivity contribution in [3.63, 3.8) is 0 Å². The Morgan fingerprint density at radius 2 is 2.33 bits per heavy atom. The van der Waals surface area contributed by atoms with E-state index in [1.807, 2.05) is 13.8 Å². The first-order valence-electron chi connectivity index (χ1n) is 2.90. The first kappa shape index (κ1) is 6.13. The van der Waals surface area contributed by atoms with E-state index in [2.05, 4.69) is 15.2 Å². The fourth-order valence-corrected chi connectivity index (χ4v) is 0.511. The summed E-state index contributed by atoms with van der Waals surface area (Å²) >= 11 is 0. The van der Waals surface area contributed by atoms with Gasteiger partial charge in [0.05, 0.1) is 18.0 Å². The van der Waals surface area contributed by atoms with Gasteiger partial charge in [0.15, 0.2) is 0 Å². The van der Waals surface area contributed by atoms with Gasteiger partial charge in [0, 0.05) is 6.21 Å². The third kappa shape index (κ3) is 1.76. The minimum absolute atomic E-state index is 0.172. The van der Waals surface area contributed by atoms with E-state index in [1.54, 1.807) is 12.4 Å². The molecule has 1 aliphatic heterocycles. The van der Waals surface area contributed by atoms with Gasteiger partial charge in [0.1, 0.15) is 0 Å². The molecule has 0 spiro atoms. The lowest BCUT2D eigenvalue weighted by Gasteiger charge is -1.89. The maximum Gasteiger partial charge on any atom is 0.0841 e. The molecule has 0 aromatic heterocycles.